The molecule has 13 heteroatoms. The number of carbonyl (C=O) groups is 1. The van der Waals surface area contributed by atoms with E-state index in [0.717, 1.165) is 40.7 Å². The van der Waals surface area contributed by atoms with Crippen molar-refractivity contribution < 1.29 is 40.6 Å². The van der Waals surface area contributed by atoms with Crippen LogP contribution in [0, 0.1) is 5.82 Å². The van der Waals surface area contributed by atoms with Gasteiger partial charge in [0.25, 0.3) is 15.9 Å². The Labute approximate surface area is 214 Å². The average Bonchev–Trinajstić information content (AvgIpc) is 2.82. The maximum atomic E-state index is 13.5. The number of halogens is 5. The smallest absolute Gasteiger partial charge is 0.417 e. The first-order chi connectivity index (χ1) is 17.3. The Balaban J connectivity index is 1.75. The second-order valence-corrected chi connectivity index (χ2v) is 10.5. The predicted octanol–water partition coefficient (Wildman–Crippen LogP) is 5.09. The summed E-state index contributed by atoms with van der Waals surface area (Å²) < 4.78 is 87.2. The van der Waals surface area contributed by atoms with E-state index in [1.54, 1.807) is 0 Å². The van der Waals surface area contributed by atoms with Crippen LogP contribution in [0.1, 0.15) is 22.8 Å². The van der Waals surface area contributed by atoms with Gasteiger partial charge in [-0.1, -0.05) is 17.7 Å². The summed E-state index contributed by atoms with van der Waals surface area (Å²) in [5, 5.41) is 11.9. The molecule has 1 aliphatic heterocycles. The van der Waals surface area contributed by atoms with Crippen LogP contribution >= 0.6 is 11.6 Å². The molecule has 0 saturated heterocycles. The molecule has 0 spiro atoms. The molecule has 0 aliphatic carbocycles. The van der Waals surface area contributed by atoms with E-state index >= 15 is 0 Å². The van der Waals surface area contributed by atoms with Crippen molar-refractivity contribution in [2.75, 3.05) is 16.2 Å². The molecule has 3 aromatic carbocycles. The number of amides is 1. The second-order valence-electron chi connectivity index (χ2n) is 8.18. The van der Waals surface area contributed by atoms with Crippen molar-refractivity contribution in [2.24, 2.45) is 0 Å². The van der Waals surface area contributed by atoms with Crippen molar-refractivity contribution in [3.8, 4) is 5.75 Å². The zero-order valence-electron chi connectivity index (χ0n) is 19.0. The molecule has 1 aliphatic rings. The van der Waals surface area contributed by atoms with E-state index in [9.17, 15) is 35.9 Å². The van der Waals surface area contributed by atoms with Crippen molar-refractivity contribution >= 4 is 38.9 Å². The number of nitrogens with zero attached hydrogens (tertiary/aromatic N) is 1. The molecule has 1 heterocycles. The zero-order chi connectivity index (χ0) is 27.1. The summed E-state index contributed by atoms with van der Waals surface area (Å²) in [5.74, 6) is -1.77. The molecular formula is C24H19ClF4N2O5S. The normalized spacial score (nSPS) is 16.5. The molecule has 7 nitrogen and oxygen atoms in total. The van der Waals surface area contributed by atoms with E-state index in [1.165, 1.54) is 25.1 Å². The fourth-order valence-electron chi connectivity index (χ4n) is 3.75. The van der Waals surface area contributed by atoms with E-state index in [-0.39, 0.29) is 28.6 Å². The van der Waals surface area contributed by atoms with E-state index in [2.05, 4.69) is 5.32 Å². The van der Waals surface area contributed by atoms with Crippen LogP contribution in [-0.4, -0.2) is 38.2 Å². The highest BCUT2D eigenvalue weighted by atomic mass is 35.5. The summed E-state index contributed by atoms with van der Waals surface area (Å²) in [4.78, 5) is 12.6. The van der Waals surface area contributed by atoms with Gasteiger partial charge in [-0.15, -0.1) is 0 Å². The Kier molecular flexibility index (Phi) is 7.10. The summed E-state index contributed by atoms with van der Waals surface area (Å²) in [6.07, 6.45) is -6.88. The van der Waals surface area contributed by atoms with Crippen LogP contribution in [0.5, 0.6) is 5.75 Å². The highest BCUT2D eigenvalue weighted by Gasteiger charge is 2.38. The molecule has 3 aromatic rings. The molecule has 4 rings (SSSR count). The van der Waals surface area contributed by atoms with Gasteiger partial charge in [0, 0.05) is 5.69 Å². The van der Waals surface area contributed by atoms with Gasteiger partial charge in [0.1, 0.15) is 17.7 Å². The van der Waals surface area contributed by atoms with Crippen molar-refractivity contribution in [3.05, 3.63) is 82.6 Å². The van der Waals surface area contributed by atoms with Crippen molar-refractivity contribution in [1.82, 2.24) is 0 Å². The summed E-state index contributed by atoms with van der Waals surface area (Å²) in [6, 6.07) is 10.8. The van der Waals surface area contributed by atoms with E-state index < -0.39 is 56.3 Å². The lowest BCUT2D eigenvalue weighted by atomic mass is 10.1. The Bertz CT molecular complexity index is 1450. The van der Waals surface area contributed by atoms with E-state index in [1.807, 2.05) is 0 Å². The fourth-order valence-corrected chi connectivity index (χ4v) is 5.49. The van der Waals surface area contributed by atoms with Crippen LogP contribution in [0.25, 0.3) is 0 Å². The van der Waals surface area contributed by atoms with E-state index in [0.29, 0.717) is 6.07 Å². The highest BCUT2D eigenvalue weighted by molar-refractivity contribution is 7.92. The quantitative estimate of drug-likeness (QED) is 0.426. The number of anilines is 2. The van der Waals surface area contributed by atoms with Crippen molar-refractivity contribution in [2.45, 2.75) is 30.2 Å². The number of aliphatic hydroxyl groups is 1. The maximum absolute atomic E-state index is 13.5. The van der Waals surface area contributed by atoms with Crippen LogP contribution in [0.2, 0.25) is 5.02 Å². The topological polar surface area (TPSA) is 95.9 Å². The summed E-state index contributed by atoms with van der Waals surface area (Å²) in [5.41, 5.74) is -2.13. The molecule has 0 fully saturated rings. The Morgan fingerprint density at radius 3 is 2.46 bits per heavy atom. The minimum atomic E-state index is -4.85. The molecule has 0 saturated carbocycles. The lowest BCUT2D eigenvalue weighted by Crippen LogP contribution is -2.47. The lowest BCUT2D eigenvalue weighted by Gasteiger charge is -2.36. The lowest BCUT2D eigenvalue weighted by molar-refractivity contribution is -0.137. The Morgan fingerprint density at radius 2 is 1.84 bits per heavy atom. The molecule has 0 aromatic heterocycles. The summed E-state index contributed by atoms with van der Waals surface area (Å²) in [7, 11) is -4.30. The van der Waals surface area contributed by atoms with Gasteiger partial charge < -0.3 is 15.2 Å². The number of carbonyl (C=O) groups excluding carboxylic acids is 1. The number of fused-ring (bicyclic) bond motifs is 1. The van der Waals surface area contributed by atoms with Gasteiger partial charge in [-0.2, -0.15) is 13.2 Å². The third kappa shape index (κ3) is 5.36. The number of hydrogen-bond donors (Lipinski definition) is 2. The van der Waals surface area contributed by atoms with Crippen LogP contribution in [-0.2, 0) is 16.2 Å². The highest BCUT2D eigenvalue weighted by Crippen LogP contribution is 2.40. The monoisotopic (exact) mass is 558 g/mol. The SMILES string of the molecule is C[C@@H](O)[C@H]1CN(S(=O)(=O)c2ccc(F)cc2)c2cc(NC(=O)c3c(Cl)cccc3C(F)(F)F)ccc2O1. The number of ether oxygens (including phenoxy) is 1. The van der Waals surface area contributed by atoms with Gasteiger partial charge in [-0.3, -0.25) is 9.10 Å². The number of alkyl halides is 3. The Hall–Kier alpha value is -3.35. The number of rotatable bonds is 5. The Morgan fingerprint density at radius 1 is 1.16 bits per heavy atom. The molecule has 0 bridgehead atoms. The van der Waals surface area contributed by atoms with Gasteiger partial charge in [0.15, 0.2) is 0 Å². The first kappa shape index (κ1) is 26.7. The molecule has 0 radical (unpaired) electrons. The first-order valence-corrected chi connectivity index (χ1v) is 12.5. The van der Waals surface area contributed by atoms with Gasteiger partial charge in [-0.05, 0) is 61.5 Å². The number of aliphatic hydroxyl groups excluding tert-OH is 1. The molecule has 0 unspecified atom stereocenters. The fraction of sp³-hybridized carbons (Fsp3) is 0.208. The van der Waals surface area contributed by atoms with Crippen LogP contribution in [0.3, 0.4) is 0 Å². The van der Waals surface area contributed by atoms with Gasteiger partial charge in [0.2, 0.25) is 0 Å². The van der Waals surface area contributed by atoms with Crippen LogP contribution in [0.4, 0.5) is 28.9 Å². The maximum Gasteiger partial charge on any atom is 0.417 e. The molecule has 37 heavy (non-hydrogen) atoms. The second kappa shape index (κ2) is 9.84. The largest absolute Gasteiger partial charge is 0.484 e. The van der Waals surface area contributed by atoms with Gasteiger partial charge >= 0.3 is 6.18 Å². The molecule has 2 N–H and O–H groups in total. The first-order valence-electron chi connectivity index (χ1n) is 10.7. The van der Waals surface area contributed by atoms with E-state index in [4.69, 9.17) is 16.3 Å². The zero-order valence-corrected chi connectivity index (χ0v) is 20.5. The van der Waals surface area contributed by atoms with Crippen LogP contribution < -0.4 is 14.4 Å². The third-order valence-electron chi connectivity index (χ3n) is 5.60. The number of sulfonamides is 1. The minimum absolute atomic E-state index is 0.0366. The number of benzene rings is 3. The average molecular weight is 559 g/mol. The predicted molar refractivity (Wildman–Crippen MR) is 128 cm³/mol. The molecule has 1 amide bonds. The summed E-state index contributed by atoms with van der Waals surface area (Å²) in [6.45, 7) is 1.08. The van der Waals surface area contributed by atoms with Gasteiger partial charge in [0.05, 0.1) is 39.4 Å². The van der Waals surface area contributed by atoms with Crippen molar-refractivity contribution in [1.29, 1.82) is 0 Å². The minimum Gasteiger partial charge on any atom is -0.484 e. The number of nitrogens with one attached hydrogen (secondary N) is 1. The van der Waals surface area contributed by atoms with Crippen LogP contribution in [0.15, 0.2) is 65.6 Å². The molecule has 196 valence electrons. The molecule has 2 atom stereocenters. The summed E-state index contributed by atoms with van der Waals surface area (Å²) >= 11 is 5.90. The van der Waals surface area contributed by atoms with Gasteiger partial charge in [-0.25, -0.2) is 12.8 Å². The molecular weight excluding hydrogens is 540 g/mol. The number of hydrogen-bond acceptors (Lipinski definition) is 5. The van der Waals surface area contributed by atoms with Crippen molar-refractivity contribution in [3.63, 3.8) is 0 Å². The standard InChI is InChI=1S/C24H19ClF4N2O5S/c1-13(32)21-12-31(37(34,35)16-8-5-14(26)6-9-16)19-11-15(7-10-20(19)36-21)30-23(33)22-17(24(27,28)29)3-2-4-18(22)25/h2-11,13,21,32H,12H2,1H3,(H,30,33)/t13-,21-/m1/s1. The third-order valence-corrected chi connectivity index (χ3v) is 7.70.